The molecule has 6 heteroatoms. The molecule has 0 aromatic heterocycles. The van der Waals surface area contributed by atoms with Crippen molar-refractivity contribution in [3.63, 3.8) is 0 Å². The molecule has 1 rings (SSSR count). The normalized spacial score (nSPS) is 10.6. The molecule has 1 aromatic rings. The molecular formula is C10H11ClN2O2S. The van der Waals surface area contributed by atoms with Crippen molar-refractivity contribution in [2.75, 3.05) is 12.3 Å². The van der Waals surface area contributed by atoms with Crippen LogP contribution >= 0.6 is 11.6 Å². The maximum absolute atomic E-state index is 11.8. The van der Waals surface area contributed by atoms with Gasteiger partial charge in [-0.05, 0) is 19.1 Å². The zero-order valence-corrected chi connectivity index (χ0v) is 10.2. The second kappa shape index (κ2) is 5.21. The van der Waals surface area contributed by atoms with Crippen LogP contribution in [0.15, 0.2) is 23.1 Å². The summed E-state index contributed by atoms with van der Waals surface area (Å²) in [5.74, 6) is 5.17. The highest BCUT2D eigenvalue weighted by Crippen LogP contribution is 2.26. The Morgan fingerprint density at radius 3 is 2.75 bits per heavy atom. The number of nitrogens with one attached hydrogen (secondary N) is 1. The number of rotatable bonds is 3. The molecule has 3 N–H and O–H groups in total. The predicted octanol–water partition coefficient (Wildman–Crippen LogP) is 1.22. The summed E-state index contributed by atoms with van der Waals surface area (Å²) >= 11 is 5.79. The maximum atomic E-state index is 11.8. The van der Waals surface area contributed by atoms with Crippen LogP contribution in [0.4, 0.5) is 5.69 Å². The van der Waals surface area contributed by atoms with Gasteiger partial charge in [-0.25, -0.2) is 8.42 Å². The van der Waals surface area contributed by atoms with Gasteiger partial charge in [-0.2, -0.15) is 4.72 Å². The van der Waals surface area contributed by atoms with Gasteiger partial charge in [0.05, 0.1) is 17.3 Å². The molecule has 16 heavy (non-hydrogen) atoms. The summed E-state index contributed by atoms with van der Waals surface area (Å²) in [5.41, 5.74) is 5.69. The van der Waals surface area contributed by atoms with Gasteiger partial charge in [0, 0.05) is 0 Å². The van der Waals surface area contributed by atoms with Crippen LogP contribution in [0.1, 0.15) is 6.92 Å². The zero-order chi connectivity index (χ0) is 12.2. The number of hydrogen-bond donors (Lipinski definition) is 2. The Morgan fingerprint density at radius 1 is 1.50 bits per heavy atom. The van der Waals surface area contributed by atoms with Gasteiger partial charge in [0.1, 0.15) is 4.90 Å². The second-order valence-electron chi connectivity index (χ2n) is 2.91. The van der Waals surface area contributed by atoms with Gasteiger partial charge >= 0.3 is 0 Å². The molecule has 0 fully saturated rings. The van der Waals surface area contributed by atoms with Gasteiger partial charge in [0.15, 0.2) is 0 Å². The Labute approximate surface area is 99.8 Å². The van der Waals surface area contributed by atoms with Crippen molar-refractivity contribution in [3.8, 4) is 11.8 Å². The van der Waals surface area contributed by atoms with Crippen LogP contribution in [0.25, 0.3) is 0 Å². The van der Waals surface area contributed by atoms with Gasteiger partial charge in [0.2, 0.25) is 10.0 Å². The molecule has 0 amide bonds. The van der Waals surface area contributed by atoms with E-state index in [2.05, 4.69) is 16.6 Å². The lowest BCUT2D eigenvalue weighted by Gasteiger charge is -2.08. The van der Waals surface area contributed by atoms with E-state index in [1.165, 1.54) is 12.1 Å². The zero-order valence-electron chi connectivity index (χ0n) is 8.62. The van der Waals surface area contributed by atoms with Crippen LogP contribution in [-0.4, -0.2) is 15.0 Å². The molecule has 0 atom stereocenters. The molecular weight excluding hydrogens is 248 g/mol. The molecule has 0 saturated heterocycles. The first-order valence-corrected chi connectivity index (χ1v) is 6.28. The van der Waals surface area contributed by atoms with Crippen molar-refractivity contribution in [2.24, 2.45) is 0 Å². The second-order valence-corrected chi connectivity index (χ2v) is 5.02. The van der Waals surface area contributed by atoms with Gasteiger partial charge in [0.25, 0.3) is 0 Å². The Kier molecular flexibility index (Phi) is 4.19. The summed E-state index contributed by atoms with van der Waals surface area (Å²) in [6.07, 6.45) is 0. The minimum Gasteiger partial charge on any atom is -0.398 e. The van der Waals surface area contributed by atoms with E-state index in [0.29, 0.717) is 0 Å². The quantitative estimate of drug-likeness (QED) is 0.633. The standard InChI is InChI=1S/C10H11ClN2O2S/c1-2-3-7-13-16(14,15)10-8(11)5-4-6-9(10)12/h4-6,13H,7,12H2,1H3. The Morgan fingerprint density at radius 2 is 2.19 bits per heavy atom. The van der Waals surface area contributed by atoms with Crippen molar-refractivity contribution >= 4 is 27.3 Å². The number of halogens is 1. The lowest BCUT2D eigenvalue weighted by Crippen LogP contribution is -2.25. The van der Waals surface area contributed by atoms with Crippen LogP contribution in [0.3, 0.4) is 0 Å². The van der Waals surface area contributed by atoms with Crippen LogP contribution in [-0.2, 0) is 10.0 Å². The van der Waals surface area contributed by atoms with Gasteiger partial charge in [-0.3, -0.25) is 0 Å². The lowest BCUT2D eigenvalue weighted by atomic mass is 10.3. The van der Waals surface area contributed by atoms with Gasteiger partial charge in [-0.15, -0.1) is 5.92 Å². The maximum Gasteiger partial charge on any atom is 0.244 e. The minimum atomic E-state index is -3.70. The van der Waals surface area contributed by atoms with Gasteiger partial charge in [-0.1, -0.05) is 23.6 Å². The first-order valence-electron chi connectivity index (χ1n) is 4.42. The molecule has 0 unspecified atom stereocenters. The minimum absolute atomic E-state index is 0.0312. The van der Waals surface area contributed by atoms with E-state index in [-0.39, 0.29) is 22.2 Å². The van der Waals surface area contributed by atoms with E-state index >= 15 is 0 Å². The van der Waals surface area contributed by atoms with Crippen molar-refractivity contribution < 1.29 is 8.42 Å². The summed E-state index contributed by atoms with van der Waals surface area (Å²) in [6, 6.07) is 4.53. The molecule has 0 bridgehead atoms. The summed E-state index contributed by atoms with van der Waals surface area (Å²) < 4.78 is 25.9. The summed E-state index contributed by atoms with van der Waals surface area (Å²) in [5, 5.41) is 0.0944. The van der Waals surface area contributed by atoms with Crippen LogP contribution < -0.4 is 10.5 Å². The van der Waals surface area contributed by atoms with Crippen LogP contribution in [0, 0.1) is 11.8 Å². The summed E-state index contributed by atoms with van der Waals surface area (Å²) in [7, 11) is -3.70. The average molecular weight is 259 g/mol. The molecule has 0 saturated carbocycles. The first kappa shape index (κ1) is 12.8. The van der Waals surface area contributed by atoms with E-state index in [1.807, 2.05) is 0 Å². The van der Waals surface area contributed by atoms with Crippen molar-refractivity contribution in [1.29, 1.82) is 0 Å². The van der Waals surface area contributed by atoms with Crippen molar-refractivity contribution in [2.45, 2.75) is 11.8 Å². The van der Waals surface area contributed by atoms with E-state index in [9.17, 15) is 8.42 Å². The largest absolute Gasteiger partial charge is 0.398 e. The summed E-state index contributed by atoms with van der Waals surface area (Å²) in [6.45, 7) is 1.65. The van der Waals surface area contributed by atoms with Crippen molar-refractivity contribution in [1.82, 2.24) is 4.72 Å². The van der Waals surface area contributed by atoms with E-state index < -0.39 is 10.0 Å². The molecule has 1 aromatic carbocycles. The molecule has 0 spiro atoms. The molecule has 0 radical (unpaired) electrons. The molecule has 0 aliphatic rings. The Hall–Kier alpha value is -1.22. The van der Waals surface area contributed by atoms with E-state index in [1.54, 1.807) is 13.0 Å². The third-order valence-electron chi connectivity index (χ3n) is 1.79. The molecule has 4 nitrogen and oxygen atoms in total. The highest BCUT2D eigenvalue weighted by Gasteiger charge is 2.19. The number of anilines is 1. The average Bonchev–Trinajstić information content (AvgIpc) is 2.17. The highest BCUT2D eigenvalue weighted by atomic mass is 35.5. The summed E-state index contributed by atoms with van der Waals surface area (Å²) in [4.78, 5) is -0.102. The van der Waals surface area contributed by atoms with E-state index in [4.69, 9.17) is 17.3 Å². The first-order chi connectivity index (χ1) is 7.49. The predicted molar refractivity (Wildman–Crippen MR) is 64.5 cm³/mol. The fourth-order valence-corrected chi connectivity index (χ4v) is 2.70. The SMILES string of the molecule is CC#CCNS(=O)(=O)c1c(N)cccc1Cl. The fourth-order valence-electron chi connectivity index (χ4n) is 1.10. The number of benzene rings is 1. The fraction of sp³-hybridized carbons (Fsp3) is 0.200. The monoisotopic (exact) mass is 258 g/mol. The number of hydrogen-bond acceptors (Lipinski definition) is 3. The number of nitrogens with two attached hydrogens (primary N) is 1. The number of sulfonamides is 1. The smallest absolute Gasteiger partial charge is 0.244 e. The van der Waals surface area contributed by atoms with Crippen LogP contribution in [0.5, 0.6) is 0 Å². The molecule has 0 aliphatic carbocycles. The molecule has 0 heterocycles. The Balaban J connectivity index is 3.11. The van der Waals surface area contributed by atoms with Gasteiger partial charge < -0.3 is 5.73 Å². The lowest BCUT2D eigenvalue weighted by molar-refractivity contribution is 0.586. The Bertz CT molecular complexity index is 523. The van der Waals surface area contributed by atoms with Crippen LogP contribution in [0.2, 0.25) is 5.02 Å². The third-order valence-corrected chi connectivity index (χ3v) is 3.74. The molecule has 0 aliphatic heterocycles. The molecule has 86 valence electrons. The van der Waals surface area contributed by atoms with E-state index in [0.717, 1.165) is 0 Å². The van der Waals surface area contributed by atoms with Crippen molar-refractivity contribution in [3.05, 3.63) is 23.2 Å². The highest BCUT2D eigenvalue weighted by molar-refractivity contribution is 7.89. The number of nitrogen functional groups attached to an aromatic ring is 1. The topological polar surface area (TPSA) is 72.2 Å². The third kappa shape index (κ3) is 2.89.